The lowest BCUT2D eigenvalue weighted by Crippen LogP contribution is -2.14. The first-order valence-electron chi connectivity index (χ1n) is 4.84. The Morgan fingerprint density at radius 2 is 2.00 bits per heavy atom. The van der Waals surface area contributed by atoms with Gasteiger partial charge in [-0.05, 0) is 30.3 Å². The minimum absolute atomic E-state index is 0.107. The molecule has 0 bridgehead atoms. The second-order valence-electron chi connectivity index (χ2n) is 3.30. The first-order valence-corrected chi connectivity index (χ1v) is 4.84. The molecule has 0 spiro atoms. The van der Waals surface area contributed by atoms with E-state index in [9.17, 15) is 13.6 Å². The van der Waals surface area contributed by atoms with E-state index in [0.29, 0.717) is 0 Å². The van der Waals surface area contributed by atoms with Crippen LogP contribution in [0.3, 0.4) is 0 Å². The highest BCUT2D eigenvalue weighted by atomic mass is 19.1. The summed E-state index contributed by atoms with van der Waals surface area (Å²) in [6.45, 7) is 0. The van der Waals surface area contributed by atoms with E-state index in [1.807, 2.05) is 0 Å². The Labute approximate surface area is 96.1 Å². The van der Waals surface area contributed by atoms with Gasteiger partial charge in [0.1, 0.15) is 5.82 Å². The van der Waals surface area contributed by atoms with Crippen LogP contribution in [0.15, 0.2) is 42.6 Å². The van der Waals surface area contributed by atoms with Crippen molar-refractivity contribution in [1.29, 1.82) is 0 Å². The van der Waals surface area contributed by atoms with Crippen molar-refractivity contribution >= 4 is 11.7 Å². The molecule has 0 saturated carbocycles. The second kappa shape index (κ2) is 4.69. The van der Waals surface area contributed by atoms with Crippen LogP contribution in [0.4, 0.5) is 14.6 Å². The van der Waals surface area contributed by atoms with E-state index in [0.717, 1.165) is 6.07 Å². The Hall–Kier alpha value is -2.30. The average Bonchev–Trinajstić information content (AvgIpc) is 2.32. The molecule has 5 heteroatoms. The van der Waals surface area contributed by atoms with Gasteiger partial charge in [0, 0.05) is 11.8 Å². The summed E-state index contributed by atoms with van der Waals surface area (Å²) in [5.74, 6) is -1.96. The minimum atomic E-state index is -0.641. The summed E-state index contributed by atoms with van der Waals surface area (Å²) in [4.78, 5) is 15.3. The zero-order valence-electron chi connectivity index (χ0n) is 8.65. The van der Waals surface area contributed by atoms with Gasteiger partial charge in [-0.2, -0.15) is 0 Å². The molecule has 0 fully saturated rings. The van der Waals surface area contributed by atoms with Gasteiger partial charge in [0.25, 0.3) is 5.91 Å². The molecule has 0 aliphatic heterocycles. The van der Waals surface area contributed by atoms with Crippen molar-refractivity contribution in [3.8, 4) is 0 Å². The number of amides is 1. The molecule has 0 aliphatic rings. The van der Waals surface area contributed by atoms with Gasteiger partial charge < -0.3 is 5.32 Å². The first kappa shape index (κ1) is 11.2. The number of halogens is 2. The van der Waals surface area contributed by atoms with Gasteiger partial charge in [-0.1, -0.05) is 6.07 Å². The van der Waals surface area contributed by atoms with Crippen LogP contribution in [0.1, 0.15) is 10.4 Å². The lowest BCUT2D eigenvalue weighted by molar-refractivity contribution is 0.102. The van der Waals surface area contributed by atoms with E-state index >= 15 is 0 Å². The second-order valence-corrected chi connectivity index (χ2v) is 3.30. The van der Waals surface area contributed by atoms with Gasteiger partial charge in [0.2, 0.25) is 0 Å². The van der Waals surface area contributed by atoms with Crippen molar-refractivity contribution in [2.75, 3.05) is 5.32 Å². The summed E-state index contributed by atoms with van der Waals surface area (Å²) >= 11 is 0. The minimum Gasteiger partial charge on any atom is -0.304 e. The SMILES string of the molecule is O=C(Nc1ncccc1F)c1cccc(F)c1. The molecule has 3 nitrogen and oxygen atoms in total. The van der Waals surface area contributed by atoms with Crippen molar-refractivity contribution in [1.82, 2.24) is 4.98 Å². The number of pyridine rings is 1. The number of nitrogens with zero attached hydrogens (tertiary/aromatic N) is 1. The van der Waals surface area contributed by atoms with Crippen molar-refractivity contribution < 1.29 is 13.6 Å². The smallest absolute Gasteiger partial charge is 0.256 e. The Morgan fingerprint density at radius 1 is 1.18 bits per heavy atom. The van der Waals surface area contributed by atoms with Crippen molar-refractivity contribution in [3.63, 3.8) is 0 Å². The standard InChI is InChI=1S/C12H8F2N2O/c13-9-4-1-3-8(7-9)12(17)16-11-10(14)5-2-6-15-11/h1-7H,(H,15,16,17). The third kappa shape index (κ3) is 2.63. The van der Waals surface area contributed by atoms with Crippen LogP contribution in [-0.4, -0.2) is 10.9 Å². The molecule has 1 heterocycles. The van der Waals surface area contributed by atoms with Crippen LogP contribution in [-0.2, 0) is 0 Å². The summed E-state index contributed by atoms with van der Waals surface area (Å²) < 4.78 is 26.1. The quantitative estimate of drug-likeness (QED) is 0.867. The molecular weight excluding hydrogens is 226 g/mol. The normalized spacial score (nSPS) is 10.0. The molecule has 0 aliphatic carbocycles. The van der Waals surface area contributed by atoms with Crippen LogP contribution in [0.2, 0.25) is 0 Å². The molecule has 0 saturated heterocycles. The van der Waals surface area contributed by atoms with E-state index in [-0.39, 0.29) is 11.4 Å². The monoisotopic (exact) mass is 234 g/mol. The number of carbonyl (C=O) groups excluding carboxylic acids is 1. The van der Waals surface area contributed by atoms with Gasteiger partial charge >= 0.3 is 0 Å². The molecule has 1 aromatic heterocycles. The molecular formula is C12H8F2N2O. The molecule has 0 unspecified atom stereocenters. The molecule has 1 aromatic carbocycles. The molecule has 17 heavy (non-hydrogen) atoms. The van der Waals surface area contributed by atoms with Crippen molar-refractivity contribution in [3.05, 3.63) is 59.8 Å². The van der Waals surface area contributed by atoms with Crippen LogP contribution in [0.5, 0.6) is 0 Å². The molecule has 1 amide bonds. The number of carbonyl (C=O) groups is 1. The summed E-state index contributed by atoms with van der Waals surface area (Å²) in [7, 11) is 0. The molecule has 0 radical (unpaired) electrons. The van der Waals surface area contributed by atoms with Crippen LogP contribution < -0.4 is 5.32 Å². The fourth-order valence-electron chi connectivity index (χ4n) is 1.29. The molecule has 0 atom stereocenters. The first-order chi connectivity index (χ1) is 8.16. The maximum Gasteiger partial charge on any atom is 0.256 e. The Balaban J connectivity index is 2.20. The fraction of sp³-hybridized carbons (Fsp3) is 0. The van der Waals surface area contributed by atoms with E-state index in [1.54, 1.807) is 0 Å². The summed E-state index contributed by atoms with van der Waals surface area (Å²) in [5.41, 5.74) is 0.107. The predicted molar refractivity (Wildman–Crippen MR) is 58.5 cm³/mol. The number of anilines is 1. The Kier molecular flexibility index (Phi) is 3.09. The van der Waals surface area contributed by atoms with Crippen LogP contribution in [0, 0.1) is 11.6 Å². The van der Waals surface area contributed by atoms with Gasteiger partial charge in [-0.25, -0.2) is 13.8 Å². The van der Waals surface area contributed by atoms with Gasteiger partial charge in [-0.3, -0.25) is 4.79 Å². The molecule has 1 N–H and O–H groups in total. The third-order valence-electron chi connectivity index (χ3n) is 2.08. The van der Waals surface area contributed by atoms with Gasteiger partial charge in [-0.15, -0.1) is 0 Å². The van der Waals surface area contributed by atoms with E-state index in [2.05, 4.69) is 10.3 Å². The van der Waals surface area contributed by atoms with Gasteiger partial charge in [0.15, 0.2) is 11.6 Å². The summed E-state index contributed by atoms with van der Waals surface area (Å²) in [6.07, 6.45) is 1.35. The van der Waals surface area contributed by atoms with E-state index in [1.165, 1.54) is 36.5 Å². The Bertz CT molecular complexity index is 558. The highest BCUT2D eigenvalue weighted by Crippen LogP contribution is 2.11. The lowest BCUT2D eigenvalue weighted by atomic mass is 10.2. The number of hydrogen-bond acceptors (Lipinski definition) is 2. The topological polar surface area (TPSA) is 42.0 Å². The zero-order valence-corrected chi connectivity index (χ0v) is 8.65. The van der Waals surface area contributed by atoms with Crippen molar-refractivity contribution in [2.24, 2.45) is 0 Å². The highest BCUT2D eigenvalue weighted by molar-refractivity contribution is 6.03. The van der Waals surface area contributed by atoms with Gasteiger partial charge in [0.05, 0.1) is 0 Å². The maximum atomic E-state index is 13.2. The number of hydrogen-bond donors (Lipinski definition) is 1. The summed E-state index contributed by atoms with van der Waals surface area (Å²) in [5, 5.41) is 2.26. The highest BCUT2D eigenvalue weighted by Gasteiger charge is 2.10. The number of benzene rings is 1. The average molecular weight is 234 g/mol. The summed E-state index contributed by atoms with van der Waals surface area (Å²) in [6, 6.07) is 7.70. The van der Waals surface area contributed by atoms with Crippen LogP contribution in [0.25, 0.3) is 0 Å². The van der Waals surface area contributed by atoms with E-state index in [4.69, 9.17) is 0 Å². The Morgan fingerprint density at radius 3 is 2.71 bits per heavy atom. The largest absolute Gasteiger partial charge is 0.304 e. The van der Waals surface area contributed by atoms with E-state index < -0.39 is 17.5 Å². The fourth-order valence-corrected chi connectivity index (χ4v) is 1.29. The lowest BCUT2D eigenvalue weighted by Gasteiger charge is -2.04. The molecule has 2 aromatic rings. The number of rotatable bonds is 2. The predicted octanol–water partition coefficient (Wildman–Crippen LogP) is 2.61. The number of aromatic nitrogens is 1. The third-order valence-corrected chi connectivity index (χ3v) is 2.08. The van der Waals surface area contributed by atoms with Crippen molar-refractivity contribution in [2.45, 2.75) is 0 Å². The maximum absolute atomic E-state index is 13.2. The zero-order chi connectivity index (χ0) is 12.3. The number of nitrogens with one attached hydrogen (secondary N) is 1. The van der Waals surface area contributed by atoms with Crippen LogP contribution >= 0.6 is 0 Å². The molecule has 2 rings (SSSR count). The molecule has 86 valence electrons.